The summed E-state index contributed by atoms with van der Waals surface area (Å²) < 4.78 is 19.7. The molecule has 1 aromatic rings. The molecule has 0 bridgehead atoms. The van der Waals surface area contributed by atoms with Crippen molar-refractivity contribution in [1.29, 1.82) is 0 Å². The van der Waals surface area contributed by atoms with Crippen LogP contribution in [0.5, 0.6) is 5.75 Å². The third-order valence-electron chi connectivity index (χ3n) is 6.00. The molecule has 4 rings (SSSR count). The number of aliphatic imine (C=N–C) groups is 1. The fourth-order valence-corrected chi connectivity index (χ4v) is 4.44. The largest absolute Gasteiger partial charge is 0.487 e. The number of carbonyl (C=O) groups excluding carboxylic acids is 2. The number of nitrogens with one attached hydrogen (secondary N) is 1. The summed E-state index contributed by atoms with van der Waals surface area (Å²) in [7, 11) is 0. The van der Waals surface area contributed by atoms with Crippen molar-refractivity contribution in [3.05, 3.63) is 29.6 Å². The number of nitrogens with zero attached hydrogens (tertiary/aromatic N) is 2. The number of ether oxygens (including phenoxy) is 1. The topological polar surface area (TPSA) is 97.0 Å². The first kappa shape index (κ1) is 20.6. The molecule has 1 aromatic carbocycles. The van der Waals surface area contributed by atoms with Crippen LogP contribution >= 0.6 is 0 Å². The lowest BCUT2D eigenvalue weighted by Crippen LogP contribution is -2.50. The molecule has 8 heteroatoms. The number of hydrogen-bond donors (Lipinski definition) is 2. The molecule has 3 N–H and O–H groups in total. The van der Waals surface area contributed by atoms with Gasteiger partial charge in [-0.15, -0.1) is 0 Å². The molecular weight excluding hydrogens is 387 g/mol. The fourth-order valence-electron chi connectivity index (χ4n) is 4.44. The molecule has 0 radical (unpaired) electrons. The standard InChI is InChI=1S/C22H29FN4O3/c1-21(2)10-18(28)27(20(24)26-21)11-12-7-14(12)19(29)25-16-9-22(3,4)30-17-6-5-13(23)8-15(16)17/h5-6,8,12,14,16H,7,9-11H2,1-4H3,(H2,24,26)(H,25,29). The van der Waals surface area contributed by atoms with Gasteiger partial charge in [0.05, 0.1) is 18.0 Å². The van der Waals surface area contributed by atoms with Crippen molar-refractivity contribution >= 4 is 17.8 Å². The van der Waals surface area contributed by atoms with Gasteiger partial charge < -0.3 is 15.8 Å². The summed E-state index contributed by atoms with van der Waals surface area (Å²) in [5.41, 5.74) is 5.69. The van der Waals surface area contributed by atoms with Crippen molar-refractivity contribution in [2.45, 2.75) is 64.1 Å². The normalized spacial score (nSPS) is 28.8. The third-order valence-corrected chi connectivity index (χ3v) is 6.00. The first-order valence-corrected chi connectivity index (χ1v) is 10.4. The van der Waals surface area contributed by atoms with Crippen LogP contribution in [0.25, 0.3) is 0 Å². The fraction of sp³-hybridized carbons (Fsp3) is 0.591. The minimum atomic E-state index is -0.490. The number of rotatable bonds is 4. The van der Waals surface area contributed by atoms with E-state index in [-0.39, 0.29) is 41.5 Å². The lowest BCUT2D eigenvalue weighted by Gasteiger charge is -2.38. The molecule has 1 fully saturated rings. The Hall–Kier alpha value is -2.64. The highest BCUT2D eigenvalue weighted by molar-refractivity contribution is 5.99. The third kappa shape index (κ3) is 4.13. The number of halogens is 1. The molecule has 2 amide bonds. The Bertz CT molecular complexity index is 927. The van der Waals surface area contributed by atoms with Crippen LogP contribution < -0.4 is 15.8 Å². The minimum absolute atomic E-state index is 0.0451. The molecule has 2 heterocycles. The van der Waals surface area contributed by atoms with Gasteiger partial charge in [-0.2, -0.15) is 0 Å². The Morgan fingerprint density at radius 2 is 2.10 bits per heavy atom. The average Bonchev–Trinajstić information content (AvgIpc) is 3.37. The first-order chi connectivity index (χ1) is 13.9. The molecule has 7 nitrogen and oxygen atoms in total. The van der Waals surface area contributed by atoms with E-state index in [9.17, 15) is 14.0 Å². The highest BCUT2D eigenvalue weighted by Crippen LogP contribution is 2.43. The highest BCUT2D eigenvalue weighted by atomic mass is 19.1. The second kappa shape index (κ2) is 6.96. The van der Waals surface area contributed by atoms with Gasteiger partial charge >= 0.3 is 0 Å². The Labute approximate surface area is 175 Å². The molecule has 2 aliphatic heterocycles. The Kier molecular flexibility index (Phi) is 4.78. The Morgan fingerprint density at radius 1 is 1.37 bits per heavy atom. The van der Waals surface area contributed by atoms with Gasteiger partial charge in [-0.25, -0.2) is 9.38 Å². The molecule has 0 spiro atoms. The number of benzene rings is 1. The Morgan fingerprint density at radius 3 is 2.80 bits per heavy atom. The van der Waals surface area contributed by atoms with E-state index in [0.717, 1.165) is 0 Å². The molecule has 0 saturated heterocycles. The van der Waals surface area contributed by atoms with Crippen molar-refractivity contribution in [1.82, 2.24) is 10.2 Å². The summed E-state index contributed by atoms with van der Waals surface area (Å²) in [6, 6.07) is 4.07. The maximum absolute atomic E-state index is 13.8. The zero-order chi connectivity index (χ0) is 21.8. The quantitative estimate of drug-likeness (QED) is 0.788. The maximum atomic E-state index is 13.8. The van der Waals surface area contributed by atoms with E-state index in [0.29, 0.717) is 37.1 Å². The van der Waals surface area contributed by atoms with E-state index in [4.69, 9.17) is 10.5 Å². The zero-order valence-electron chi connectivity index (χ0n) is 17.9. The van der Waals surface area contributed by atoms with E-state index in [1.807, 2.05) is 27.7 Å². The number of hydrogen-bond acceptors (Lipinski definition) is 5. The summed E-state index contributed by atoms with van der Waals surface area (Å²) in [5, 5.41) is 3.07. The molecular formula is C22H29FN4O3. The van der Waals surface area contributed by atoms with Crippen LogP contribution in [0.4, 0.5) is 4.39 Å². The average molecular weight is 416 g/mol. The van der Waals surface area contributed by atoms with Crippen molar-refractivity contribution < 1.29 is 18.7 Å². The van der Waals surface area contributed by atoms with Crippen molar-refractivity contribution in [2.24, 2.45) is 22.6 Å². The number of fused-ring (bicyclic) bond motifs is 1. The predicted molar refractivity (Wildman–Crippen MR) is 110 cm³/mol. The molecule has 1 saturated carbocycles. The van der Waals surface area contributed by atoms with Crippen LogP contribution in [0.15, 0.2) is 23.2 Å². The summed E-state index contributed by atoms with van der Waals surface area (Å²) in [5.74, 6) is 0.162. The highest BCUT2D eigenvalue weighted by Gasteiger charge is 2.47. The second-order valence-electron chi connectivity index (χ2n) is 9.88. The summed E-state index contributed by atoms with van der Waals surface area (Å²) >= 11 is 0. The summed E-state index contributed by atoms with van der Waals surface area (Å²) in [6.45, 7) is 8.04. The van der Waals surface area contributed by atoms with Crippen LogP contribution in [0.1, 0.15) is 58.6 Å². The van der Waals surface area contributed by atoms with Gasteiger partial charge in [0.1, 0.15) is 17.2 Å². The molecule has 3 aliphatic rings. The predicted octanol–water partition coefficient (Wildman–Crippen LogP) is 2.51. The van der Waals surface area contributed by atoms with Gasteiger partial charge in [0.25, 0.3) is 0 Å². The van der Waals surface area contributed by atoms with Gasteiger partial charge in [-0.1, -0.05) is 0 Å². The van der Waals surface area contributed by atoms with Gasteiger partial charge in [0.2, 0.25) is 11.8 Å². The molecule has 3 unspecified atom stereocenters. The molecule has 1 aliphatic carbocycles. The van der Waals surface area contributed by atoms with E-state index in [2.05, 4.69) is 10.3 Å². The van der Waals surface area contributed by atoms with Crippen LogP contribution in [-0.2, 0) is 9.59 Å². The van der Waals surface area contributed by atoms with E-state index in [1.54, 1.807) is 6.07 Å². The van der Waals surface area contributed by atoms with Crippen LogP contribution in [0.2, 0.25) is 0 Å². The maximum Gasteiger partial charge on any atom is 0.231 e. The van der Waals surface area contributed by atoms with Crippen LogP contribution in [0.3, 0.4) is 0 Å². The van der Waals surface area contributed by atoms with E-state index < -0.39 is 11.1 Å². The van der Waals surface area contributed by atoms with Crippen LogP contribution in [0, 0.1) is 17.7 Å². The van der Waals surface area contributed by atoms with Gasteiger partial charge in [0, 0.05) is 24.4 Å². The van der Waals surface area contributed by atoms with E-state index in [1.165, 1.54) is 17.0 Å². The lowest BCUT2D eigenvalue weighted by molar-refractivity contribution is -0.130. The van der Waals surface area contributed by atoms with Crippen molar-refractivity contribution in [3.8, 4) is 5.75 Å². The molecule has 30 heavy (non-hydrogen) atoms. The molecule has 0 aromatic heterocycles. The zero-order valence-corrected chi connectivity index (χ0v) is 17.9. The number of guanidine groups is 1. The smallest absolute Gasteiger partial charge is 0.231 e. The number of carbonyl (C=O) groups is 2. The summed E-state index contributed by atoms with van der Waals surface area (Å²) in [6.07, 6.45) is 1.54. The number of nitrogens with two attached hydrogens (primary N) is 1. The van der Waals surface area contributed by atoms with Crippen molar-refractivity contribution in [2.75, 3.05) is 6.54 Å². The Balaban J connectivity index is 1.42. The summed E-state index contributed by atoms with van der Waals surface area (Å²) in [4.78, 5) is 31.2. The SMILES string of the molecule is CC1(C)CC(=O)N(CC2CC2C(=O)NC2CC(C)(C)Oc3ccc(F)cc32)C(N)=N1. The second-order valence-corrected chi connectivity index (χ2v) is 9.88. The van der Waals surface area contributed by atoms with Gasteiger partial charge in [-0.3, -0.25) is 14.5 Å². The minimum Gasteiger partial charge on any atom is -0.487 e. The molecule has 3 atom stereocenters. The van der Waals surface area contributed by atoms with Crippen molar-refractivity contribution in [3.63, 3.8) is 0 Å². The van der Waals surface area contributed by atoms with E-state index >= 15 is 0 Å². The van der Waals surface area contributed by atoms with Gasteiger partial charge in [0.15, 0.2) is 5.96 Å². The van der Waals surface area contributed by atoms with Gasteiger partial charge in [-0.05, 0) is 58.2 Å². The first-order valence-electron chi connectivity index (χ1n) is 10.4. The monoisotopic (exact) mass is 416 g/mol. The molecule has 162 valence electrons. The number of amides is 2. The van der Waals surface area contributed by atoms with Crippen LogP contribution in [-0.4, -0.2) is 40.4 Å². The lowest BCUT2D eigenvalue weighted by atomic mass is 9.89.